The normalized spacial score (nSPS) is 24.4. The third-order valence-electron chi connectivity index (χ3n) is 2.82. The van der Waals surface area contributed by atoms with Crippen molar-refractivity contribution in [3.63, 3.8) is 0 Å². The molecule has 2 heteroatoms. The van der Waals surface area contributed by atoms with E-state index >= 15 is 0 Å². The molecule has 0 radical (unpaired) electrons. The van der Waals surface area contributed by atoms with Crippen molar-refractivity contribution in [2.75, 3.05) is 0 Å². The van der Waals surface area contributed by atoms with Crippen LogP contribution >= 0.6 is 0 Å². The fourth-order valence-electron chi connectivity index (χ4n) is 2.17. The molecule has 0 aliphatic heterocycles. The SMILES string of the molecule is F[C@H]1c2cccc3cccc(c23)[C@@H]1F. The topological polar surface area (TPSA) is 0 Å². The fraction of sp³-hybridized carbons (Fsp3) is 0.167. The van der Waals surface area contributed by atoms with E-state index in [0.717, 1.165) is 10.8 Å². The second-order valence-electron chi connectivity index (χ2n) is 3.60. The molecule has 3 rings (SSSR count). The summed E-state index contributed by atoms with van der Waals surface area (Å²) >= 11 is 0. The van der Waals surface area contributed by atoms with Gasteiger partial charge in [-0.2, -0.15) is 0 Å². The Morgan fingerprint density at radius 2 is 1.29 bits per heavy atom. The Kier molecular flexibility index (Phi) is 1.43. The molecule has 0 spiro atoms. The molecule has 0 heterocycles. The summed E-state index contributed by atoms with van der Waals surface area (Å²) in [6.45, 7) is 0. The summed E-state index contributed by atoms with van der Waals surface area (Å²) in [7, 11) is 0. The second kappa shape index (κ2) is 2.53. The summed E-state index contributed by atoms with van der Waals surface area (Å²) in [6, 6.07) is 10.6. The Labute approximate surface area is 80.2 Å². The highest BCUT2D eigenvalue weighted by Gasteiger charge is 2.34. The molecular weight excluding hydrogens is 182 g/mol. The van der Waals surface area contributed by atoms with Crippen molar-refractivity contribution in [2.24, 2.45) is 0 Å². The average Bonchev–Trinajstić information content (AvgIpc) is 2.47. The van der Waals surface area contributed by atoms with Crippen LogP contribution in [-0.2, 0) is 0 Å². The Bertz CT molecular complexity index is 462. The number of rotatable bonds is 0. The molecule has 0 saturated carbocycles. The standard InChI is InChI=1S/C12H8F2/c13-11-8-5-1-3-7-4-2-6-9(10(7)8)12(11)14/h1-6,11-12H/t11-,12-/m0/s1. The Hall–Kier alpha value is -1.44. The molecule has 0 aromatic heterocycles. The molecule has 1 aliphatic rings. The van der Waals surface area contributed by atoms with Crippen LogP contribution in [0.5, 0.6) is 0 Å². The van der Waals surface area contributed by atoms with Gasteiger partial charge in [0.2, 0.25) is 0 Å². The molecule has 0 N–H and O–H groups in total. The van der Waals surface area contributed by atoms with Crippen LogP contribution in [-0.4, -0.2) is 0 Å². The number of halogens is 2. The van der Waals surface area contributed by atoms with Gasteiger partial charge in [0.25, 0.3) is 0 Å². The fourth-order valence-corrected chi connectivity index (χ4v) is 2.17. The third-order valence-corrected chi connectivity index (χ3v) is 2.82. The lowest BCUT2D eigenvalue weighted by Crippen LogP contribution is -1.91. The molecule has 0 bridgehead atoms. The van der Waals surface area contributed by atoms with Gasteiger partial charge in [0.05, 0.1) is 0 Å². The van der Waals surface area contributed by atoms with E-state index in [2.05, 4.69) is 0 Å². The van der Waals surface area contributed by atoms with Gasteiger partial charge in [0.15, 0.2) is 12.3 Å². The first kappa shape index (κ1) is 7.92. The first-order valence-electron chi connectivity index (χ1n) is 4.59. The van der Waals surface area contributed by atoms with Crippen molar-refractivity contribution >= 4 is 10.8 Å². The molecular formula is C12H8F2. The maximum absolute atomic E-state index is 13.5. The summed E-state index contributed by atoms with van der Waals surface area (Å²) in [5.74, 6) is 0. The van der Waals surface area contributed by atoms with Gasteiger partial charge in [-0.25, -0.2) is 8.78 Å². The Morgan fingerprint density at radius 3 is 1.79 bits per heavy atom. The average molecular weight is 190 g/mol. The Morgan fingerprint density at radius 1 is 0.786 bits per heavy atom. The van der Waals surface area contributed by atoms with Gasteiger partial charge >= 0.3 is 0 Å². The predicted octanol–water partition coefficient (Wildman–Crippen LogP) is 3.87. The lowest BCUT2D eigenvalue weighted by atomic mass is 10.1. The molecule has 1 aliphatic carbocycles. The van der Waals surface area contributed by atoms with Crippen LogP contribution < -0.4 is 0 Å². The molecule has 0 fully saturated rings. The van der Waals surface area contributed by atoms with Crippen LogP contribution in [0.2, 0.25) is 0 Å². The van der Waals surface area contributed by atoms with Gasteiger partial charge < -0.3 is 0 Å². The molecule has 14 heavy (non-hydrogen) atoms. The highest BCUT2D eigenvalue weighted by atomic mass is 19.2. The van der Waals surface area contributed by atoms with Crippen LogP contribution in [0.1, 0.15) is 23.5 Å². The third kappa shape index (κ3) is 0.808. The molecule has 2 aromatic carbocycles. The van der Waals surface area contributed by atoms with Crippen molar-refractivity contribution in [2.45, 2.75) is 12.3 Å². The van der Waals surface area contributed by atoms with Gasteiger partial charge in [-0.3, -0.25) is 0 Å². The van der Waals surface area contributed by atoms with Crippen LogP contribution in [0.4, 0.5) is 8.78 Å². The molecule has 0 saturated heterocycles. The van der Waals surface area contributed by atoms with Gasteiger partial charge in [0, 0.05) is 0 Å². The van der Waals surface area contributed by atoms with E-state index in [4.69, 9.17) is 0 Å². The number of alkyl halides is 2. The lowest BCUT2D eigenvalue weighted by molar-refractivity contribution is 0.182. The zero-order valence-electron chi connectivity index (χ0n) is 7.37. The van der Waals surface area contributed by atoms with E-state index in [0.29, 0.717) is 11.1 Å². The van der Waals surface area contributed by atoms with Gasteiger partial charge in [0.1, 0.15) is 0 Å². The van der Waals surface area contributed by atoms with Crippen LogP contribution in [0.3, 0.4) is 0 Å². The Balaban J connectivity index is 2.49. The molecule has 2 aromatic rings. The van der Waals surface area contributed by atoms with E-state index < -0.39 is 12.3 Å². The largest absolute Gasteiger partial charge is 0.239 e. The molecule has 0 unspecified atom stereocenters. The summed E-state index contributed by atoms with van der Waals surface area (Å²) in [5.41, 5.74) is 0.983. The summed E-state index contributed by atoms with van der Waals surface area (Å²) in [6.07, 6.45) is -2.98. The maximum atomic E-state index is 13.5. The minimum absolute atomic E-state index is 0.491. The molecule has 2 atom stereocenters. The van der Waals surface area contributed by atoms with Gasteiger partial charge in [-0.15, -0.1) is 0 Å². The van der Waals surface area contributed by atoms with Crippen LogP contribution in [0.25, 0.3) is 10.8 Å². The molecule has 70 valence electrons. The van der Waals surface area contributed by atoms with Crippen molar-refractivity contribution in [1.29, 1.82) is 0 Å². The highest BCUT2D eigenvalue weighted by Crippen LogP contribution is 2.47. The van der Waals surface area contributed by atoms with Crippen molar-refractivity contribution < 1.29 is 8.78 Å². The van der Waals surface area contributed by atoms with E-state index in [1.165, 1.54) is 0 Å². The van der Waals surface area contributed by atoms with E-state index in [1.54, 1.807) is 24.3 Å². The smallest absolute Gasteiger partial charge is 0.161 e. The quantitative estimate of drug-likeness (QED) is 0.591. The first-order valence-corrected chi connectivity index (χ1v) is 4.59. The number of benzene rings is 2. The van der Waals surface area contributed by atoms with Crippen LogP contribution in [0, 0.1) is 0 Å². The van der Waals surface area contributed by atoms with E-state index in [9.17, 15) is 8.78 Å². The first-order chi connectivity index (χ1) is 6.79. The second-order valence-corrected chi connectivity index (χ2v) is 3.60. The molecule has 0 nitrogen and oxygen atoms in total. The monoisotopic (exact) mass is 190 g/mol. The van der Waals surface area contributed by atoms with E-state index in [-0.39, 0.29) is 0 Å². The number of hydrogen-bond donors (Lipinski definition) is 0. The predicted molar refractivity (Wildman–Crippen MR) is 51.6 cm³/mol. The van der Waals surface area contributed by atoms with E-state index in [1.807, 2.05) is 12.1 Å². The highest BCUT2D eigenvalue weighted by molar-refractivity contribution is 5.91. The summed E-state index contributed by atoms with van der Waals surface area (Å²) in [5, 5.41) is 1.68. The van der Waals surface area contributed by atoms with Gasteiger partial charge in [-0.1, -0.05) is 36.4 Å². The van der Waals surface area contributed by atoms with Crippen molar-refractivity contribution in [1.82, 2.24) is 0 Å². The van der Waals surface area contributed by atoms with Crippen molar-refractivity contribution in [3.8, 4) is 0 Å². The number of hydrogen-bond acceptors (Lipinski definition) is 0. The zero-order valence-corrected chi connectivity index (χ0v) is 7.37. The summed E-state index contributed by atoms with van der Waals surface area (Å²) < 4.78 is 27.0. The van der Waals surface area contributed by atoms with Gasteiger partial charge in [-0.05, 0) is 21.9 Å². The maximum Gasteiger partial charge on any atom is 0.161 e. The van der Waals surface area contributed by atoms with Crippen LogP contribution in [0.15, 0.2) is 36.4 Å². The minimum atomic E-state index is -1.49. The minimum Gasteiger partial charge on any atom is -0.239 e. The summed E-state index contributed by atoms with van der Waals surface area (Å²) in [4.78, 5) is 0. The zero-order chi connectivity index (χ0) is 9.71. The van der Waals surface area contributed by atoms with Crippen molar-refractivity contribution in [3.05, 3.63) is 47.5 Å². The molecule has 0 amide bonds. The lowest BCUT2D eigenvalue weighted by Gasteiger charge is -2.02.